The van der Waals surface area contributed by atoms with Gasteiger partial charge in [-0.15, -0.1) is 11.3 Å². The van der Waals surface area contributed by atoms with Gasteiger partial charge in [0.05, 0.1) is 22.0 Å². The quantitative estimate of drug-likeness (QED) is 0.378. The maximum Gasteiger partial charge on any atom is 0.335 e. The maximum atomic E-state index is 10.9. The zero-order valence-corrected chi connectivity index (χ0v) is 15.8. The van der Waals surface area contributed by atoms with E-state index in [2.05, 4.69) is 39.6 Å². The minimum atomic E-state index is -0.952. The lowest BCUT2D eigenvalue weighted by atomic mass is 10.1. The van der Waals surface area contributed by atoms with Crippen molar-refractivity contribution in [1.29, 1.82) is 0 Å². The Hall–Kier alpha value is -3.58. The lowest BCUT2D eigenvalue weighted by Crippen LogP contribution is -1.97. The van der Waals surface area contributed by atoms with Crippen molar-refractivity contribution in [2.24, 2.45) is 5.10 Å². The number of fused-ring (bicyclic) bond motifs is 1. The number of aryl methyl sites for hydroxylation is 1. The van der Waals surface area contributed by atoms with Crippen LogP contribution in [0.25, 0.3) is 20.7 Å². The summed E-state index contributed by atoms with van der Waals surface area (Å²) in [4.78, 5) is 20.8. The van der Waals surface area contributed by atoms with Crippen LogP contribution < -0.4 is 5.43 Å². The van der Waals surface area contributed by atoms with Gasteiger partial charge in [-0.25, -0.2) is 14.8 Å². The van der Waals surface area contributed by atoms with Crippen molar-refractivity contribution in [3.05, 3.63) is 77.6 Å². The number of aromatic nitrogens is 2. The molecule has 6 nitrogen and oxygen atoms in total. The predicted molar refractivity (Wildman–Crippen MR) is 112 cm³/mol. The van der Waals surface area contributed by atoms with Gasteiger partial charge in [0.1, 0.15) is 6.33 Å². The van der Waals surface area contributed by atoms with Crippen LogP contribution in [0.15, 0.2) is 66.0 Å². The smallest absolute Gasteiger partial charge is 0.335 e. The molecule has 4 rings (SSSR count). The second kappa shape index (κ2) is 7.58. The molecule has 0 aliphatic heterocycles. The number of benzene rings is 2. The molecule has 0 radical (unpaired) electrons. The third-order valence-electron chi connectivity index (χ3n) is 4.28. The summed E-state index contributed by atoms with van der Waals surface area (Å²) in [5, 5.41) is 13.2. The summed E-state index contributed by atoms with van der Waals surface area (Å²) >= 11 is 1.63. The molecule has 0 saturated heterocycles. The van der Waals surface area contributed by atoms with Crippen molar-refractivity contribution in [2.75, 3.05) is 5.43 Å². The lowest BCUT2D eigenvalue weighted by molar-refractivity contribution is 0.0697. The van der Waals surface area contributed by atoms with Crippen molar-refractivity contribution in [3.63, 3.8) is 0 Å². The first-order chi connectivity index (χ1) is 13.6. The number of carboxylic acids is 1. The summed E-state index contributed by atoms with van der Waals surface area (Å²) < 4.78 is 0.942. The minimum absolute atomic E-state index is 0.241. The highest BCUT2D eigenvalue weighted by atomic mass is 32.1. The second-order valence-electron chi connectivity index (χ2n) is 6.12. The van der Waals surface area contributed by atoms with Gasteiger partial charge in [0, 0.05) is 4.88 Å². The highest BCUT2D eigenvalue weighted by Gasteiger charge is 2.14. The van der Waals surface area contributed by atoms with Gasteiger partial charge in [-0.2, -0.15) is 5.10 Å². The standard InChI is InChI=1S/C21H16N4O2S/c1-13-17-19(28-18(13)15-5-3-2-4-6-15)20(23-12-22-17)25-24-11-14-7-9-16(10-8-14)21(26)27/h2-12H,1H3,(H,26,27)(H,22,23,25). The van der Waals surface area contributed by atoms with E-state index < -0.39 is 5.97 Å². The molecule has 0 aliphatic rings. The lowest BCUT2D eigenvalue weighted by Gasteiger charge is -2.00. The Balaban J connectivity index is 1.61. The number of hydrogen-bond acceptors (Lipinski definition) is 6. The number of nitrogens with one attached hydrogen (secondary N) is 1. The molecule has 0 unspecified atom stereocenters. The summed E-state index contributed by atoms with van der Waals surface area (Å²) in [5.41, 5.74) is 7.18. The van der Waals surface area contributed by atoms with E-state index in [1.165, 1.54) is 6.33 Å². The van der Waals surface area contributed by atoms with Crippen LogP contribution in [0, 0.1) is 6.92 Å². The summed E-state index contributed by atoms with van der Waals surface area (Å²) in [6.45, 7) is 2.06. The van der Waals surface area contributed by atoms with Gasteiger partial charge in [-0.3, -0.25) is 5.43 Å². The predicted octanol–water partition coefficient (Wildman–Crippen LogP) is 4.81. The molecule has 0 fully saturated rings. The van der Waals surface area contributed by atoms with Crippen molar-refractivity contribution < 1.29 is 9.90 Å². The van der Waals surface area contributed by atoms with Gasteiger partial charge in [0.15, 0.2) is 5.82 Å². The van der Waals surface area contributed by atoms with Crippen molar-refractivity contribution in [1.82, 2.24) is 9.97 Å². The molecule has 4 aromatic rings. The van der Waals surface area contributed by atoms with Crippen LogP contribution in [0.1, 0.15) is 21.5 Å². The van der Waals surface area contributed by atoms with Gasteiger partial charge in [0.2, 0.25) is 0 Å². The molecular formula is C21H16N4O2S. The Morgan fingerprint density at radius 2 is 1.86 bits per heavy atom. The van der Waals surface area contributed by atoms with Crippen molar-refractivity contribution in [2.45, 2.75) is 6.92 Å². The summed E-state index contributed by atoms with van der Waals surface area (Å²) in [7, 11) is 0. The van der Waals surface area contributed by atoms with Crippen LogP contribution >= 0.6 is 11.3 Å². The van der Waals surface area contributed by atoms with Crippen molar-refractivity contribution >= 4 is 39.6 Å². The van der Waals surface area contributed by atoms with Gasteiger partial charge < -0.3 is 5.11 Å². The summed E-state index contributed by atoms with van der Waals surface area (Å²) in [5.74, 6) is -0.314. The molecule has 0 atom stereocenters. The molecule has 0 saturated carbocycles. The van der Waals surface area contributed by atoms with E-state index in [0.29, 0.717) is 5.82 Å². The third-order valence-corrected chi connectivity index (χ3v) is 5.62. The van der Waals surface area contributed by atoms with E-state index in [1.54, 1.807) is 41.8 Å². The molecule has 0 amide bonds. The molecule has 138 valence electrons. The third kappa shape index (κ3) is 3.47. The van der Waals surface area contributed by atoms with Crippen molar-refractivity contribution in [3.8, 4) is 10.4 Å². The molecule has 2 aromatic heterocycles. The largest absolute Gasteiger partial charge is 0.478 e. The fourth-order valence-electron chi connectivity index (χ4n) is 2.85. The number of rotatable bonds is 5. The van der Waals surface area contributed by atoms with E-state index in [4.69, 9.17) is 5.11 Å². The van der Waals surface area contributed by atoms with Gasteiger partial charge in [-0.1, -0.05) is 42.5 Å². The van der Waals surface area contributed by atoms with E-state index in [1.807, 2.05) is 18.2 Å². The van der Waals surface area contributed by atoms with Gasteiger partial charge >= 0.3 is 5.97 Å². The van der Waals surface area contributed by atoms with E-state index in [-0.39, 0.29) is 5.56 Å². The number of nitrogens with zero attached hydrogens (tertiary/aromatic N) is 3. The van der Waals surface area contributed by atoms with E-state index in [9.17, 15) is 4.79 Å². The van der Waals surface area contributed by atoms with Crippen LogP contribution in [0.2, 0.25) is 0 Å². The molecule has 2 heterocycles. The Bertz CT molecular complexity index is 1170. The van der Waals surface area contributed by atoms with Crippen LogP contribution in [-0.2, 0) is 0 Å². The highest BCUT2D eigenvalue weighted by Crippen LogP contribution is 2.39. The Labute approximate surface area is 165 Å². The SMILES string of the molecule is Cc1c(-c2ccccc2)sc2c(NN=Cc3ccc(C(=O)O)cc3)ncnc12. The Morgan fingerprint density at radius 1 is 1.11 bits per heavy atom. The van der Waals surface area contributed by atoms with E-state index >= 15 is 0 Å². The number of thiophene rings is 1. The average Bonchev–Trinajstić information content (AvgIpc) is 3.07. The average molecular weight is 388 g/mol. The number of hydrazone groups is 1. The number of hydrogen-bond donors (Lipinski definition) is 2. The first-order valence-electron chi connectivity index (χ1n) is 8.55. The summed E-state index contributed by atoms with van der Waals surface area (Å²) in [6.07, 6.45) is 3.15. The van der Waals surface area contributed by atoms with Crippen LogP contribution in [0.5, 0.6) is 0 Å². The minimum Gasteiger partial charge on any atom is -0.478 e. The Kier molecular flexibility index (Phi) is 4.82. The van der Waals surface area contributed by atoms with Gasteiger partial charge in [-0.05, 0) is 35.7 Å². The molecule has 7 heteroatoms. The second-order valence-corrected chi connectivity index (χ2v) is 7.14. The van der Waals surface area contributed by atoms with Crippen LogP contribution in [-0.4, -0.2) is 27.3 Å². The van der Waals surface area contributed by atoms with Crippen LogP contribution in [0.3, 0.4) is 0 Å². The number of carbonyl (C=O) groups is 1. The first-order valence-corrected chi connectivity index (χ1v) is 9.37. The fourth-order valence-corrected chi connectivity index (χ4v) is 4.05. The number of aromatic carboxylic acids is 1. The zero-order valence-electron chi connectivity index (χ0n) is 15.0. The van der Waals surface area contributed by atoms with Crippen LogP contribution in [0.4, 0.5) is 5.82 Å². The molecule has 28 heavy (non-hydrogen) atoms. The monoisotopic (exact) mass is 388 g/mol. The highest BCUT2D eigenvalue weighted by molar-refractivity contribution is 7.23. The van der Waals surface area contributed by atoms with Gasteiger partial charge in [0.25, 0.3) is 0 Å². The fraction of sp³-hybridized carbons (Fsp3) is 0.0476. The molecule has 2 N–H and O–H groups in total. The van der Waals surface area contributed by atoms with E-state index in [0.717, 1.165) is 31.8 Å². The zero-order chi connectivity index (χ0) is 19.5. The molecule has 0 bridgehead atoms. The number of carboxylic acid groups (broad SMARTS) is 1. The molecular weight excluding hydrogens is 372 g/mol. The molecule has 0 aliphatic carbocycles. The topological polar surface area (TPSA) is 87.5 Å². The summed E-state index contributed by atoms with van der Waals surface area (Å²) in [6, 6.07) is 16.7. The maximum absolute atomic E-state index is 10.9. The Morgan fingerprint density at radius 3 is 2.57 bits per heavy atom. The molecule has 2 aromatic carbocycles. The number of anilines is 1. The normalized spacial score (nSPS) is 11.2. The first kappa shape index (κ1) is 17.8. The molecule has 0 spiro atoms.